The fourth-order valence-electron chi connectivity index (χ4n) is 2.34. The molecular formula is C13H16N6O3. The second-order valence-corrected chi connectivity index (χ2v) is 4.85. The van der Waals surface area contributed by atoms with Gasteiger partial charge in [0.15, 0.2) is 0 Å². The van der Waals surface area contributed by atoms with E-state index in [1.807, 2.05) is 0 Å². The van der Waals surface area contributed by atoms with Crippen LogP contribution in [0.15, 0.2) is 18.6 Å². The van der Waals surface area contributed by atoms with Gasteiger partial charge in [-0.25, -0.2) is 9.97 Å². The summed E-state index contributed by atoms with van der Waals surface area (Å²) in [6.45, 7) is 1.15. The zero-order valence-electron chi connectivity index (χ0n) is 12.1. The Bertz CT molecular complexity index is 632. The molecule has 1 aliphatic heterocycles. The molecule has 0 saturated carbocycles. The largest absolute Gasteiger partial charge is 0.472 e. The Balaban J connectivity index is 1.64. The van der Waals surface area contributed by atoms with Crippen LogP contribution in [0.25, 0.3) is 0 Å². The van der Waals surface area contributed by atoms with Gasteiger partial charge in [0, 0.05) is 18.8 Å². The predicted octanol–water partition coefficient (Wildman–Crippen LogP) is 0.287. The lowest BCUT2D eigenvalue weighted by molar-refractivity contribution is 0.0515. The topological polar surface area (TPSA) is 106 Å². The van der Waals surface area contributed by atoms with Crippen LogP contribution in [0.1, 0.15) is 23.5 Å². The van der Waals surface area contributed by atoms with Crippen molar-refractivity contribution >= 4 is 5.91 Å². The molecule has 0 aromatic carbocycles. The molecule has 0 spiro atoms. The zero-order chi connectivity index (χ0) is 15.4. The summed E-state index contributed by atoms with van der Waals surface area (Å²) in [7, 11) is 1.50. The number of piperidine rings is 1. The summed E-state index contributed by atoms with van der Waals surface area (Å²) in [5, 5.41) is 6.28. The lowest BCUT2D eigenvalue weighted by Gasteiger charge is -2.32. The molecule has 116 valence electrons. The Labute approximate surface area is 126 Å². The molecule has 1 aliphatic rings. The van der Waals surface area contributed by atoms with E-state index >= 15 is 0 Å². The summed E-state index contributed by atoms with van der Waals surface area (Å²) in [5.74, 6) is 0.501. The molecule has 1 saturated heterocycles. The zero-order valence-corrected chi connectivity index (χ0v) is 12.1. The number of H-pyrrole nitrogens is 1. The van der Waals surface area contributed by atoms with Crippen LogP contribution in [0.5, 0.6) is 11.9 Å². The van der Waals surface area contributed by atoms with Crippen LogP contribution in [0, 0.1) is 0 Å². The standard InChI is InChI=1S/C13H16N6O3/c1-21-13-14-5-4-10(17-13)22-9-3-2-6-19(7-9)12(20)11-15-8-16-18-11/h4-5,8-9H,2-3,6-7H2,1H3,(H,15,16,18). The number of methoxy groups -OCH3 is 1. The van der Waals surface area contributed by atoms with Gasteiger partial charge in [-0.3, -0.25) is 9.89 Å². The SMILES string of the molecule is COc1nccc(OC2CCCN(C(=O)c3ncn[nH]3)C2)n1. The summed E-state index contributed by atoms with van der Waals surface area (Å²) in [6, 6.07) is 1.92. The highest BCUT2D eigenvalue weighted by molar-refractivity contribution is 5.90. The van der Waals surface area contributed by atoms with Crippen molar-refractivity contribution in [3.8, 4) is 11.9 Å². The number of rotatable bonds is 4. The molecule has 22 heavy (non-hydrogen) atoms. The van der Waals surface area contributed by atoms with Gasteiger partial charge in [0.05, 0.1) is 13.7 Å². The van der Waals surface area contributed by atoms with Crippen molar-refractivity contribution in [3.05, 3.63) is 24.4 Å². The number of ether oxygens (including phenoxy) is 2. The van der Waals surface area contributed by atoms with Gasteiger partial charge in [0.25, 0.3) is 5.91 Å². The number of carbonyl (C=O) groups excluding carboxylic acids is 1. The maximum Gasteiger partial charge on any atom is 0.319 e. The molecular weight excluding hydrogens is 288 g/mol. The normalized spacial score (nSPS) is 18.0. The maximum atomic E-state index is 12.3. The Morgan fingerprint density at radius 2 is 2.36 bits per heavy atom. The molecule has 2 aromatic rings. The van der Waals surface area contributed by atoms with E-state index in [2.05, 4.69) is 25.1 Å². The predicted molar refractivity (Wildman–Crippen MR) is 74.5 cm³/mol. The Morgan fingerprint density at radius 1 is 1.45 bits per heavy atom. The molecule has 1 unspecified atom stereocenters. The van der Waals surface area contributed by atoms with E-state index < -0.39 is 0 Å². The van der Waals surface area contributed by atoms with Crippen LogP contribution in [0.4, 0.5) is 0 Å². The number of hydrogen-bond donors (Lipinski definition) is 1. The highest BCUT2D eigenvalue weighted by Gasteiger charge is 2.27. The summed E-state index contributed by atoms with van der Waals surface area (Å²) in [6.07, 6.45) is 4.47. The number of carbonyl (C=O) groups is 1. The molecule has 3 rings (SSSR count). The fourth-order valence-corrected chi connectivity index (χ4v) is 2.34. The van der Waals surface area contributed by atoms with E-state index in [9.17, 15) is 4.79 Å². The first-order chi connectivity index (χ1) is 10.8. The first kappa shape index (κ1) is 14.2. The van der Waals surface area contributed by atoms with Gasteiger partial charge in [0.2, 0.25) is 11.7 Å². The van der Waals surface area contributed by atoms with Crippen molar-refractivity contribution < 1.29 is 14.3 Å². The lowest BCUT2D eigenvalue weighted by Crippen LogP contribution is -2.44. The van der Waals surface area contributed by atoms with Crippen molar-refractivity contribution in [2.45, 2.75) is 18.9 Å². The molecule has 1 fully saturated rings. The molecule has 1 atom stereocenters. The van der Waals surface area contributed by atoms with Crippen molar-refractivity contribution in [3.63, 3.8) is 0 Å². The first-order valence-corrected chi connectivity index (χ1v) is 6.94. The number of nitrogens with one attached hydrogen (secondary N) is 1. The molecule has 2 aromatic heterocycles. The molecule has 0 bridgehead atoms. The van der Waals surface area contributed by atoms with Crippen molar-refractivity contribution in [1.29, 1.82) is 0 Å². The number of aromatic amines is 1. The minimum absolute atomic E-state index is 0.125. The third kappa shape index (κ3) is 3.13. The maximum absolute atomic E-state index is 12.3. The summed E-state index contributed by atoms with van der Waals surface area (Å²) in [4.78, 5) is 25.9. The molecule has 3 heterocycles. The molecule has 9 heteroatoms. The Kier molecular flexibility index (Phi) is 4.12. The van der Waals surface area contributed by atoms with E-state index in [-0.39, 0.29) is 23.8 Å². The van der Waals surface area contributed by atoms with Gasteiger partial charge in [-0.2, -0.15) is 10.1 Å². The van der Waals surface area contributed by atoms with E-state index in [0.29, 0.717) is 19.0 Å². The van der Waals surface area contributed by atoms with Crippen LogP contribution in [0.2, 0.25) is 0 Å². The Hall–Kier alpha value is -2.71. The number of aromatic nitrogens is 5. The summed E-state index contributed by atoms with van der Waals surface area (Å²) < 4.78 is 10.8. The van der Waals surface area contributed by atoms with Gasteiger partial charge in [0.1, 0.15) is 12.4 Å². The average Bonchev–Trinajstić information content (AvgIpc) is 3.09. The molecule has 1 amide bonds. The number of likely N-dealkylation sites (tertiary alicyclic amines) is 1. The fraction of sp³-hybridized carbons (Fsp3) is 0.462. The van der Waals surface area contributed by atoms with Gasteiger partial charge in [-0.1, -0.05) is 0 Å². The molecule has 0 aliphatic carbocycles. The van der Waals surface area contributed by atoms with Crippen LogP contribution in [-0.2, 0) is 0 Å². The van der Waals surface area contributed by atoms with Crippen LogP contribution < -0.4 is 9.47 Å². The van der Waals surface area contributed by atoms with Crippen LogP contribution in [0.3, 0.4) is 0 Å². The van der Waals surface area contributed by atoms with Gasteiger partial charge < -0.3 is 14.4 Å². The minimum atomic E-state index is -0.175. The van der Waals surface area contributed by atoms with Gasteiger partial charge >= 0.3 is 6.01 Å². The summed E-state index contributed by atoms with van der Waals surface area (Å²) in [5.41, 5.74) is 0. The average molecular weight is 304 g/mol. The van der Waals surface area contributed by atoms with E-state index in [1.54, 1.807) is 17.2 Å². The van der Waals surface area contributed by atoms with Crippen LogP contribution >= 0.6 is 0 Å². The quantitative estimate of drug-likeness (QED) is 0.865. The van der Waals surface area contributed by atoms with Crippen molar-refractivity contribution in [1.82, 2.24) is 30.0 Å². The Morgan fingerprint density at radius 3 is 3.14 bits per heavy atom. The van der Waals surface area contributed by atoms with Crippen molar-refractivity contribution in [2.75, 3.05) is 20.2 Å². The van der Waals surface area contributed by atoms with E-state index in [1.165, 1.54) is 13.4 Å². The third-order valence-electron chi connectivity index (χ3n) is 3.36. The number of amides is 1. The molecule has 9 nitrogen and oxygen atoms in total. The van der Waals surface area contributed by atoms with E-state index in [4.69, 9.17) is 9.47 Å². The monoisotopic (exact) mass is 304 g/mol. The van der Waals surface area contributed by atoms with Gasteiger partial charge in [-0.15, -0.1) is 0 Å². The second kappa shape index (κ2) is 6.37. The third-order valence-corrected chi connectivity index (χ3v) is 3.36. The molecule has 1 N–H and O–H groups in total. The molecule has 0 radical (unpaired) electrons. The van der Waals surface area contributed by atoms with Gasteiger partial charge in [-0.05, 0) is 12.8 Å². The number of nitrogens with zero attached hydrogens (tertiary/aromatic N) is 5. The second-order valence-electron chi connectivity index (χ2n) is 4.85. The van der Waals surface area contributed by atoms with Crippen molar-refractivity contribution in [2.24, 2.45) is 0 Å². The summed E-state index contributed by atoms with van der Waals surface area (Å²) >= 11 is 0. The lowest BCUT2D eigenvalue weighted by atomic mass is 10.1. The number of hydrogen-bond acceptors (Lipinski definition) is 7. The van der Waals surface area contributed by atoms with Crippen LogP contribution in [-0.4, -0.2) is 62.3 Å². The van der Waals surface area contributed by atoms with E-state index in [0.717, 1.165) is 12.8 Å². The smallest absolute Gasteiger partial charge is 0.319 e. The first-order valence-electron chi connectivity index (χ1n) is 6.94. The highest BCUT2D eigenvalue weighted by Crippen LogP contribution is 2.18. The highest BCUT2D eigenvalue weighted by atomic mass is 16.5. The minimum Gasteiger partial charge on any atom is -0.472 e.